The molecule has 0 aromatic rings. The highest BCUT2D eigenvalue weighted by molar-refractivity contribution is 6.71. The van der Waals surface area contributed by atoms with Gasteiger partial charge >= 0.3 is 12.1 Å². The van der Waals surface area contributed by atoms with Crippen LogP contribution in [0.25, 0.3) is 0 Å². The van der Waals surface area contributed by atoms with Gasteiger partial charge in [0.2, 0.25) is 5.91 Å². The fourth-order valence-electron chi connectivity index (χ4n) is 5.20. The van der Waals surface area contributed by atoms with Crippen LogP contribution in [-0.4, -0.2) is 74.5 Å². The van der Waals surface area contributed by atoms with Gasteiger partial charge in [0.25, 0.3) is 0 Å². The maximum Gasteiger partial charge on any atom is 0.410 e. The molecule has 3 atom stereocenters. The zero-order valence-electron chi connectivity index (χ0n) is 22.8. The van der Waals surface area contributed by atoms with Crippen molar-refractivity contribution in [3.63, 3.8) is 0 Å². The number of fused-ring (bicyclic) bond motifs is 1. The van der Waals surface area contributed by atoms with E-state index in [1.165, 1.54) is 12.2 Å². The molecule has 3 heterocycles. The third kappa shape index (κ3) is 6.62. The van der Waals surface area contributed by atoms with Gasteiger partial charge in [-0.05, 0) is 56.5 Å². The summed E-state index contributed by atoms with van der Waals surface area (Å²) in [5, 5.41) is 0. The molecule has 8 nitrogen and oxygen atoms in total. The Labute approximate surface area is 222 Å². The van der Waals surface area contributed by atoms with Gasteiger partial charge in [0, 0.05) is 13.2 Å². The van der Waals surface area contributed by atoms with E-state index >= 15 is 0 Å². The molecule has 3 aliphatic heterocycles. The van der Waals surface area contributed by atoms with E-state index in [-0.39, 0.29) is 43.2 Å². The van der Waals surface area contributed by atoms with Crippen LogP contribution in [0.1, 0.15) is 46.0 Å². The summed E-state index contributed by atoms with van der Waals surface area (Å²) >= 11 is 0. The average molecular weight is 531 g/mol. The fourth-order valence-corrected chi connectivity index (χ4v) is 7.22. The number of esters is 1. The minimum Gasteiger partial charge on any atom is -0.457 e. The molecular formula is C28H42N2O6Si. The molecule has 2 fully saturated rings. The monoisotopic (exact) mass is 530 g/mol. The van der Waals surface area contributed by atoms with E-state index in [9.17, 15) is 14.4 Å². The summed E-state index contributed by atoms with van der Waals surface area (Å²) in [4.78, 5) is 41.7. The van der Waals surface area contributed by atoms with Crippen molar-refractivity contribution < 1.29 is 28.3 Å². The summed E-state index contributed by atoms with van der Waals surface area (Å²) in [6.45, 7) is 17.2. The number of hydrogen-bond acceptors (Lipinski definition) is 6. The van der Waals surface area contributed by atoms with Gasteiger partial charge in [0.15, 0.2) is 8.32 Å². The van der Waals surface area contributed by atoms with Gasteiger partial charge < -0.3 is 23.7 Å². The minimum absolute atomic E-state index is 0.0479. The van der Waals surface area contributed by atoms with Crippen molar-refractivity contribution in [3.8, 4) is 0 Å². The summed E-state index contributed by atoms with van der Waals surface area (Å²) in [7, 11) is -1.73. The number of carbonyl (C=O) groups is 3. The number of allylic oxidation sites excluding steroid dienone is 1. The van der Waals surface area contributed by atoms with Gasteiger partial charge in [-0.15, -0.1) is 0 Å². The fraction of sp³-hybridized carbons (Fsp3) is 0.607. The van der Waals surface area contributed by atoms with Gasteiger partial charge in [-0.1, -0.05) is 51.2 Å². The number of ether oxygens (including phenoxy) is 2. The summed E-state index contributed by atoms with van der Waals surface area (Å²) in [5.41, 5.74) is 2.00. The van der Waals surface area contributed by atoms with Crippen molar-refractivity contribution >= 4 is 26.3 Å². The molecule has 3 rings (SSSR count). The van der Waals surface area contributed by atoms with Crippen molar-refractivity contribution in [2.24, 2.45) is 5.92 Å². The van der Waals surface area contributed by atoms with Crippen LogP contribution < -0.4 is 0 Å². The molecule has 3 aliphatic rings. The smallest absolute Gasteiger partial charge is 0.410 e. The van der Waals surface area contributed by atoms with E-state index in [2.05, 4.69) is 33.2 Å². The third-order valence-electron chi connectivity index (χ3n) is 7.41. The Morgan fingerprint density at radius 3 is 2.49 bits per heavy atom. The number of amides is 2. The van der Waals surface area contributed by atoms with Crippen molar-refractivity contribution in [2.45, 2.75) is 77.2 Å². The number of likely N-dealkylation sites (tertiary alicyclic amines) is 1. The predicted molar refractivity (Wildman–Crippen MR) is 145 cm³/mol. The Kier molecular flexibility index (Phi) is 9.95. The highest BCUT2D eigenvalue weighted by atomic mass is 28.4. The normalized spacial score (nSPS) is 23.3. The number of unbranched alkanes of at least 4 members (excludes halogenated alkanes) is 1. The molecule has 37 heavy (non-hydrogen) atoms. The first-order valence-electron chi connectivity index (χ1n) is 13.4. The molecule has 0 radical (unpaired) electrons. The summed E-state index contributed by atoms with van der Waals surface area (Å²) in [6.07, 6.45) is 9.03. The zero-order chi connectivity index (χ0) is 27.2. The Balaban J connectivity index is 1.72. The SMILES string of the molecule is C=CCOC(=O)C1=C(C(C)=CC2CCN2C(=O)OCC=C)C[C@@H]2[C@H](CCO[Si](C)(C)CCCC)C(=O)N12. The molecule has 204 valence electrons. The van der Waals surface area contributed by atoms with E-state index in [1.807, 2.05) is 13.0 Å². The van der Waals surface area contributed by atoms with E-state index < -0.39 is 14.3 Å². The van der Waals surface area contributed by atoms with Crippen LogP contribution >= 0.6 is 0 Å². The maximum atomic E-state index is 13.2. The van der Waals surface area contributed by atoms with Crippen molar-refractivity contribution in [1.29, 1.82) is 0 Å². The quantitative estimate of drug-likeness (QED) is 0.137. The number of β-lactam (4-membered cyclic amide) rings is 1. The van der Waals surface area contributed by atoms with Crippen molar-refractivity contribution in [2.75, 3.05) is 26.4 Å². The molecule has 1 unspecified atom stereocenters. The van der Waals surface area contributed by atoms with Crippen LogP contribution in [0.3, 0.4) is 0 Å². The first kappa shape index (κ1) is 28.9. The van der Waals surface area contributed by atoms with E-state index in [4.69, 9.17) is 13.9 Å². The van der Waals surface area contributed by atoms with Crippen LogP contribution in [-0.2, 0) is 23.5 Å². The summed E-state index contributed by atoms with van der Waals surface area (Å²) in [6, 6.07) is 0.932. The minimum atomic E-state index is -1.73. The van der Waals surface area contributed by atoms with E-state index in [1.54, 1.807) is 9.80 Å². The van der Waals surface area contributed by atoms with Crippen LogP contribution in [0.15, 0.2) is 48.2 Å². The Bertz CT molecular complexity index is 972. The topological polar surface area (TPSA) is 85.4 Å². The second-order valence-corrected chi connectivity index (χ2v) is 14.9. The third-order valence-corrected chi connectivity index (χ3v) is 9.96. The standard InChI is InChI=1S/C28H42N2O6Si/c1-7-10-17-37(5,6)36-16-12-22-24-19-23(25(30(24)26(22)31)27(32)34-14-8-2)20(4)18-21-11-13-29(21)28(33)35-15-9-3/h8-9,18,21-22,24H,2-3,7,10-17,19H2,1,4-6H3/t21?,22-,24+/m0/s1. The average Bonchev–Trinajstić information content (AvgIpc) is 3.21. The first-order chi connectivity index (χ1) is 17.6. The molecular weight excluding hydrogens is 488 g/mol. The van der Waals surface area contributed by atoms with Crippen LogP contribution in [0, 0.1) is 5.92 Å². The summed E-state index contributed by atoms with van der Waals surface area (Å²) < 4.78 is 16.8. The highest BCUT2D eigenvalue weighted by Gasteiger charge is 2.55. The number of nitrogens with zero attached hydrogens (tertiary/aromatic N) is 2. The predicted octanol–water partition coefficient (Wildman–Crippen LogP) is 4.96. The van der Waals surface area contributed by atoms with E-state index in [0.29, 0.717) is 31.7 Å². The zero-order valence-corrected chi connectivity index (χ0v) is 23.8. The highest BCUT2D eigenvalue weighted by Crippen LogP contribution is 2.46. The molecule has 0 bridgehead atoms. The lowest BCUT2D eigenvalue weighted by Crippen LogP contribution is -2.58. The molecule has 0 spiro atoms. The molecule has 9 heteroatoms. The van der Waals surface area contributed by atoms with Gasteiger partial charge in [0.05, 0.1) is 18.0 Å². The Hall–Kier alpha value is -2.65. The molecule has 0 aromatic carbocycles. The number of hydrogen-bond donors (Lipinski definition) is 0. The van der Waals surface area contributed by atoms with Crippen LogP contribution in [0.2, 0.25) is 19.1 Å². The lowest BCUT2D eigenvalue weighted by Gasteiger charge is -2.43. The largest absolute Gasteiger partial charge is 0.457 e. The van der Waals surface area contributed by atoms with Crippen LogP contribution in [0.4, 0.5) is 4.79 Å². The molecule has 0 N–H and O–H groups in total. The maximum absolute atomic E-state index is 13.2. The van der Waals surface area contributed by atoms with E-state index in [0.717, 1.165) is 36.5 Å². The van der Waals surface area contributed by atoms with Crippen LogP contribution in [0.5, 0.6) is 0 Å². The molecule has 2 amide bonds. The second kappa shape index (κ2) is 12.7. The van der Waals surface area contributed by atoms with Gasteiger partial charge in [0.1, 0.15) is 18.9 Å². The lowest BCUT2D eigenvalue weighted by molar-refractivity contribution is -0.157. The van der Waals surface area contributed by atoms with Crippen molar-refractivity contribution in [1.82, 2.24) is 9.80 Å². The Morgan fingerprint density at radius 1 is 1.16 bits per heavy atom. The lowest BCUT2D eigenvalue weighted by atomic mass is 9.83. The van der Waals surface area contributed by atoms with Gasteiger partial charge in [-0.25, -0.2) is 9.59 Å². The molecule has 0 saturated carbocycles. The second-order valence-electron chi connectivity index (χ2n) is 10.6. The first-order valence-corrected chi connectivity index (χ1v) is 16.5. The number of rotatable bonds is 14. The molecule has 2 saturated heterocycles. The van der Waals surface area contributed by atoms with Gasteiger partial charge in [-0.2, -0.15) is 0 Å². The molecule has 0 aliphatic carbocycles. The van der Waals surface area contributed by atoms with Crippen molar-refractivity contribution in [3.05, 3.63) is 48.2 Å². The number of carbonyl (C=O) groups excluding carboxylic acids is 3. The summed E-state index contributed by atoms with van der Waals surface area (Å²) in [5.74, 6) is -0.733. The Morgan fingerprint density at radius 2 is 1.86 bits per heavy atom. The molecule has 0 aromatic heterocycles. The van der Waals surface area contributed by atoms with Gasteiger partial charge in [-0.3, -0.25) is 4.79 Å².